The van der Waals surface area contributed by atoms with Crippen LogP contribution in [0.2, 0.25) is 0 Å². The van der Waals surface area contributed by atoms with Gasteiger partial charge >= 0.3 is 0 Å². The molecule has 1 N–H and O–H groups in total. The first-order valence-electron chi connectivity index (χ1n) is 12.4. The van der Waals surface area contributed by atoms with Crippen molar-refractivity contribution in [2.24, 2.45) is 0 Å². The summed E-state index contributed by atoms with van der Waals surface area (Å²) in [6.45, 7) is 8.73. The van der Waals surface area contributed by atoms with Crippen LogP contribution in [0, 0.1) is 12.7 Å². The molecule has 200 valence electrons. The number of hydrogen-bond acceptors (Lipinski definition) is 6. The second kappa shape index (κ2) is 10.0. The Morgan fingerprint density at radius 2 is 1.73 bits per heavy atom. The number of methoxy groups -OCH3 is 1. The van der Waals surface area contributed by atoms with Gasteiger partial charge in [-0.15, -0.1) is 0 Å². The molecule has 0 atom stereocenters. The maximum absolute atomic E-state index is 15.2. The predicted octanol–water partition coefficient (Wildman–Crippen LogP) is 6.88. The number of ether oxygens (including phenoxy) is 3. The quantitative estimate of drug-likeness (QED) is 0.296. The zero-order chi connectivity index (χ0) is 27.0. The van der Waals surface area contributed by atoms with Crippen LogP contribution in [0.5, 0.6) is 11.5 Å². The number of nitrogens with zero attached hydrogens (tertiary/aromatic N) is 2. The van der Waals surface area contributed by atoms with Crippen LogP contribution >= 0.6 is 0 Å². The van der Waals surface area contributed by atoms with E-state index in [0.29, 0.717) is 54.2 Å². The van der Waals surface area contributed by atoms with E-state index in [0.717, 1.165) is 18.9 Å². The van der Waals surface area contributed by atoms with Gasteiger partial charge in [-0.25, -0.2) is 23.1 Å². The Labute approximate surface area is 215 Å². The highest BCUT2D eigenvalue weighted by molar-refractivity contribution is 5.92. The molecule has 1 saturated carbocycles. The van der Waals surface area contributed by atoms with Gasteiger partial charge in [0.2, 0.25) is 0 Å². The van der Waals surface area contributed by atoms with E-state index in [1.807, 2.05) is 0 Å². The van der Waals surface area contributed by atoms with Crippen molar-refractivity contribution in [3.05, 3.63) is 53.1 Å². The SMILES string of the molecule is COc1cc2nc(C)nc(NC(C)(C)c3cccc(C(C)(F)F)c3F)c2cc1OCCOC1(C)CCC1. The number of anilines is 1. The third-order valence-corrected chi connectivity index (χ3v) is 6.87. The minimum Gasteiger partial charge on any atom is -0.493 e. The molecule has 1 fully saturated rings. The molecule has 0 spiro atoms. The molecule has 0 radical (unpaired) electrons. The summed E-state index contributed by atoms with van der Waals surface area (Å²) in [6, 6.07) is 7.55. The van der Waals surface area contributed by atoms with Crippen molar-refractivity contribution in [2.45, 2.75) is 70.9 Å². The van der Waals surface area contributed by atoms with Crippen molar-refractivity contribution in [3.63, 3.8) is 0 Å². The van der Waals surface area contributed by atoms with E-state index >= 15 is 4.39 Å². The van der Waals surface area contributed by atoms with Gasteiger partial charge in [0.05, 0.1) is 35.9 Å². The summed E-state index contributed by atoms with van der Waals surface area (Å²) in [5.41, 5.74) is -1.10. The zero-order valence-electron chi connectivity index (χ0n) is 22.2. The number of benzene rings is 2. The summed E-state index contributed by atoms with van der Waals surface area (Å²) in [7, 11) is 1.55. The summed E-state index contributed by atoms with van der Waals surface area (Å²) in [5.74, 6) is -2.35. The first-order valence-corrected chi connectivity index (χ1v) is 12.4. The zero-order valence-corrected chi connectivity index (χ0v) is 22.2. The molecule has 0 bridgehead atoms. The summed E-state index contributed by atoms with van der Waals surface area (Å²) in [6.07, 6.45) is 3.27. The average Bonchev–Trinajstić information content (AvgIpc) is 2.79. The number of rotatable bonds is 10. The maximum atomic E-state index is 15.2. The lowest BCUT2D eigenvalue weighted by Crippen LogP contribution is -2.37. The van der Waals surface area contributed by atoms with Gasteiger partial charge in [0.1, 0.15) is 24.1 Å². The number of aromatic nitrogens is 2. The standard InChI is InChI=1S/C28H34F3N3O3/c1-17-32-21-16-22(35-6)23(36-13-14-37-27(4)11-8-12-27)15-18(21)25(33-17)34-26(2,3)19-9-7-10-20(24(19)29)28(5,30)31/h7,9-10,15-16H,8,11-14H2,1-6H3,(H,32,33,34). The van der Waals surface area contributed by atoms with Gasteiger partial charge in [0, 0.05) is 23.9 Å². The van der Waals surface area contributed by atoms with Crippen molar-refractivity contribution >= 4 is 16.7 Å². The van der Waals surface area contributed by atoms with Crippen molar-refractivity contribution in [2.75, 3.05) is 25.6 Å². The molecule has 1 aliphatic carbocycles. The van der Waals surface area contributed by atoms with Crippen LogP contribution in [-0.4, -0.2) is 35.9 Å². The van der Waals surface area contributed by atoms with Crippen molar-refractivity contribution < 1.29 is 27.4 Å². The first kappa shape index (κ1) is 27.0. The molecule has 0 amide bonds. The molecule has 6 nitrogen and oxygen atoms in total. The molecule has 2 aromatic carbocycles. The first-order chi connectivity index (χ1) is 17.3. The van der Waals surface area contributed by atoms with E-state index in [-0.39, 0.29) is 11.2 Å². The Morgan fingerprint density at radius 1 is 1.03 bits per heavy atom. The average molecular weight is 518 g/mol. The van der Waals surface area contributed by atoms with Crippen LogP contribution in [0.3, 0.4) is 0 Å². The van der Waals surface area contributed by atoms with Gasteiger partial charge in [-0.1, -0.05) is 18.2 Å². The monoisotopic (exact) mass is 517 g/mol. The molecule has 9 heteroatoms. The topological polar surface area (TPSA) is 65.5 Å². The molecule has 0 saturated heterocycles. The fourth-order valence-corrected chi connectivity index (χ4v) is 4.60. The maximum Gasteiger partial charge on any atom is 0.273 e. The lowest BCUT2D eigenvalue weighted by atomic mass is 9.82. The van der Waals surface area contributed by atoms with Crippen molar-refractivity contribution in [1.82, 2.24) is 9.97 Å². The molecule has 0 aliphatic heterocycles. The molecule has 3 aromatic rings. The molecule has 1 heterocycles. The van der Waals surface area contributed by atoms with Gasteiger partial charge in [-0.3, -0.25) is 0 Å². The summed E-state index contributed by atoms with van der Waals surface area (Å²) >= 11 is 0. The molecule has 0 unspecified atom stereocenters. The Bertz CT molecular complexity index is 1290. The molecular formula is C28H34F3N3O3. The second-order valence-corrected chi connectivity index (χ2v) is 10.4. The number of fused-ring (bicyclic) bond motifs is 1. The van der Waals surface area contributed by atoms with Crippen LogP contribution in [0.1, 0.15) is 63.9 Å². The van der Waals surface area contributed by atoms with E-state index in [2.05, 4.69) is 22.2 Å². The summed E-state index contributed by atoms with van der Waals surface area (Å²) < 4.78 is 60.7. The minimum atomic E-state index is -3.31. The summed E-state index contributed by atoms with van der Waals surface area (Å²) in [5, 5.41) is 3.87. The van der Waals surface area contributed by atoms with Gasteiger partial charge in [0.25, 0.3) is 5.92 Å². The largest absolute Gasteiger partial charge is 0.493 e. The lowest BCUT2D eigenvalue weighted by Gasteiger charge is -2.38. The number of hydrogen-bond donors (Lipinski definition) is 1. The van der Waals surface area contributed by atoms with E-state index in [4.69, 9.17) is 14.2 Å². The Kier molecular flexibility index (Phi) is 7.29. The fraction of sp³-hybridized carbons (Fsp3) is 0.500. The smallest absolute Gasteiger partial charge is 0.273 e. The third-order valence-electron chi connectivity index (χ3n) is 6.87. The van der Waals surface area contributed by atoms with Gasteiger partial charge < -0.3 is 19.5 Å². The molecule has 37 heavy (non-hydrogen) atoms. The fourth-order valence-electron chi connectivity index (χ4n) is 4.60. The van der Waals surface area contributed by atoms with Crippen LogP contribution in [0.4, 0.5) is 19.0 Å². The van der Waals surface area contributed by atoms with Crippen LogP contribution < -0.4 is 14.8 Å². The highest BCUT2D eigenvalue weighted by Crippen LogP contribution is 2.39. The van der Waals surface area contributed by atoms with E-state index < -0.39 is 22.8 Å². The van der Waals surface area contributed by atoms with E-state index in [9.17, 15) is 8.78 Å². The van der Waals surface area contributed by atoms with Gasteiger partial charge in [-0.05, 0) is 53.0 Å². The molecule has 1 aliphatic rings. The van der Waals surface area contributed by atoms with Crippen LogP contribution in [-0.2, 0) is 16.2 Å². The van der Waals surface area contributed by atoms with E-state index in [1.165, 1.54) is 18.6 Å². The summed E-state index contributed by atoms with van der Waals surface area (Å²) in [4.78, 5) is 9.06. The normalized spacial score (nSPS) is 15.4. The number of aryl methyl sites for hydroxylation is 1. The number of halogens is 3. The molecular weight excluding hydrogens is 483 g/mol. The highest BCUT2D eigenvalue weighted by Gasteiger charge is 2.34. The third kappa shape index (κ3) is 5.76. The molecule has 4 rings (SSSR count). The van der Waals surface area contributed by atoms with Gasteiger partial charge in [-0.2, -0.15) is 0 Å². The van der Waals surface area contributed by atoms with Crippen LogP contribution in [0.15, 0.2) is 30.3 Å². The Hall–Kier alpha value is -3.07. The minimum absolute atomic E-state index is 0.0703. The number of alkyl halides is 2. The van der Waals surface area contributed by atoms with Crippen LogP contribution in [0.25, 0.3) is 10.9 Å². The molecule has 1 aromatic heterocycles. The van der Waals surface area contributed by atoms with Gasteiger partial charge in [0.15, 0.2) is 11.5 Å². The Morgan fingerprint density at radius 3 is 2.35 bits per heavy atom. The van der Waals surface area contributed by atoms with E-state index in [1.54, 1.807) is 40.0 Å². The van der Waals surface area contributed by atoms with Crippen molar-refractivity contribution in [1.29, 1.82) is 0 Å². The predicted molar refractivity (Wildman–Crippen MR) is 137 cm³/mol. The highest BCUT2D eigenvalue weighted by atomic mass is 19.3. The van der Waals surface area contributed by atoms with Crippen molar-refractivity contribution in [3.8, 4) is 11.5 Å². The lowest BCUT2D eigenvalue weighted by molar-refractivity contribution is -0.0922. The Balaban J connectivity index is 1.65. The number of nitrogens with one attached hydrogen (secondary N) is 1. The second-order valence-electron chi connectivity index (χ2n) is 10.4.